The third-order valence-corrected chi connectivity index (χ3v) is 5.31. The molecule has 28 heavy (non-hydrogen) atoms. The van der Waals surface area contributed by atoms with E-state index in [9.17, 15) is 14.0 Å². The van der Waals surface area contributed by atoms with E-state index >= 15 is 0 Å². The van der Waals surface area contributed by atoms with Gasteiger partial charge in [0, 0.05) is 13.1 Å². The maximum Gasteiger partial charge on any atom is 0.238 e. The van der Waals surface area contributed by atoms with Gasteiger partial charge in [0.15, 0.2) is 0 Å². The van der Waals surface area contributed by atoms with Crippen molar-refractivity contribution in [3.8, 4) is 0 Å². The summed E-state index contributed by atoms with van der Waals surface area (Å²) in [5.41, 5.74) is 1.04. The monoisotopic (exact) mass is 412 g/mol. The fraction of sp³-hybridized carbons (Fsp3) is 0.600. The molecular weight excluding hydrogens is 383 g/mol. The van der Waals surface area contributed by atoms with Gasteiger partial charge < -0.3 is 16.0 Å². The first kappa shape index (κ1) is 22.6. The van der Waals surface area contributed by atoms with Crippen molar-refractivity contribution in [1.82, 2.24) is 15.5 Å². The summed E-state index contributed by atoms with van der Waals surface area (Å²) in [6.07, 6.45) is 3.99. The average molecular weight is 413 g/mol. The van der Waals surface area contributed by atoms with Gasteiger partial charge in [-0.2, -0.15) is 0 Å². The number of hydrogen-bond donors (Lipinski definition) is 3. The van der Waals surface area contributed by atoms with Crippen LogP contribution in [0, 0.1) is 18.7 Å². The Kier molecular flexibility index (Phi) is 8.66. The molecule has 156 valence electrons. The number of anilines is 1. The molecule has 0 radical (unpaired) electrons. The summed E-state index contributed by atoms with van der Waals surface area (Å²) >= 11 is 0. The molecule has 8 heteroatoms. The van der Waals surface area contributed by atoms with E-state index in [4.69, 9.17) is 0 Å². The van der Waals surface area contributed by atoms with Gasteiger partial charge in [-0.05, 0) is 69.3 Å². The van der Waals surface area contributed by atoms with Crippen LogP contribution in [0.5, 0.6) is 0 Å². The van der Waals surface area contributed by atoms with Crippen molar-refractivity contribution in [3.63, 3.8) is 0 Å². The van der Waals surface area contributed by atoms with Crippen molar-refractivity contribution in [2.45, 2.75) is 38.6 Å². The van der Waals surface area contributed by atoms with Crippen LogP contribution in [0.3, 0.4) is 0 Å². The number of carbonyl (C=O) groups excluding carboxylic acids is 2. The molecule has 6 nitrogen and oxygen atoms in total. The van der Waals surface area contributed by atoms with Crippen molar-refractivity contribution in [3.05, 3.63) is 29.6 Å². The van der Waals surface area contributed by atoms with Crippen molar-refractivity contribution in [2.24, 2.45) is 5.92 Å². The van der Waals surface area contributed by atoms with Crippen LogP contribution in [0.25, 0.3) is 0 Å². The minimum absolute atomic E-state index is 0. The van der Waals surface area contributed by atoms with Gasteiger partial charge in [0.2, 0.25) is 11.8 Å². The first-order chi connectivity index (χ1) is 13.0. The Labute approximate surface area is 172 Å². The van der Waals surface area contributed by atoms with E-state index in [0.717, 1.165) is 50.9 Å². The number of rotatable bonds is 6. The zero-order valence-corrected chi connectivity index (χ0v) is 17.1. The Morgan fingerprint density at radius 1 is 1.29 bits per heavy atom. The molecule has 2 aliphatic rings. The highest BCUT2D eigenvalue weighted by Gasteiger charge is 2.25. The summed E-state index contributed by atoms with van der Waals surface area (Å²) in [5.74, 6) is -0.203. The number of piperidine rings is 1. The summed E-state index contributed by atoms with van der Waals surface area (Å²) in [7, 11) is 0. The van der Waals surface area contributed by atoms with Crippen molar-refractivity contribution in [2.75, 3.05) is 38.0 Å². The van der Waals surface area contributed by atoms with E-state index in [-0.39, 0.29) is 42.5 Å². The molecule has 2 amide bonds. The van der Waals surface area contributed by atoms with Gasteiger partial charge in [0.25, 0.3) is 0 Å². The number of carbonyl (C=O) groups is 2. The van der Waals surface area contributed by atoms with Crippen LogP contribution < -0.4 is 16.0 Å². The molecule has 2 unspecified atom stereocenters. The van der Waals surface area contributed by atoms with Crippen LogP contribution in [-0.4, -0.2) is 55.5 Å². The van der Waals surface area contributed by atoms with E-state index in [2.05, 4.69) is 20.9 Å². The van der Waals surface area contributed by atoms with Gasteiger partial charge >= 0.3 is 0 Å². The van der Waals surface area contributed by atoms with Crippen LogP contribution in [-0.2, 0) is 9.59 Å². The highest BCUT2D eigenvalue weighted by Crippen LogP contribution is 2.18. The normalized spacial score (nSPS) is 22.4. The van der Waals surface area contributed by atoms with Crippen LogP contribution in [0.2, 0.25) is 0 Å². The topological polar surface area (TPSA) is 73.5 Å². The van der Waals surface area contributed by atoms with Gasteiger partial charge in [-0.25, -0.2) is 4.39 Å². The Morgan fingerprint density at radius 3 is 2.82 bits per heavy atom. The lowest BCUT2D eigenvalue weighted by atomic mass is 9.98. The summed E-state index contributed by atoms with van der Waals surface area (Å²) in [5, 5.41) is 8.90. The molecule has 2 saturated heterocycles. The van der Waals surface area contributed by atoms with E-state index in [1.807, 2.05) is 6.92 Å². The molecule has 2 fully saturated rings. The maximum atomic E-state index is 13.9. The van der Waals surface area contributed by atoms with E-state index in [1.54, 1.807) is 12.1 Å². The molecule has 2 atom stereocenters. The van der Waals surface area contributed by atoms with Crippen LogP contribution in [0.15, 0.2) is 18.2 Å². The van der Waals surface area contributed by atoms with Crippen molar-refractivity contribution in [1.29, 1.82) is 0 Å². The molecule has 2 aliphatic heterocycles. The van der Waals surface area contributed by atoms with E-state index in [0.29, 0.717) is 12.5 Å². The number of nitrogens with one attached hydrogen (secondary N) is 3. The number of aryl methyl sites for hydroxylation is 1. The third-order valence-electron chi connectivity index (χ3n) is 5.31. The molecule has 2 heterocycles. The number of amides is 2. The molecule has 0 aliphatic carbocycles. The predicted molar refractivity (Wildman–Crippen MR) is 110 cm³/mol. The highest BCUT2D eigenvalue weighted by atomic mass is 35.5. The van der Waals surface area contributed by atoms with Crippen LogP contribution in [0.1, 0.15) is 31.2 Å². The first-order valence-corrected chi connectivity index (χ1v) is 9.80. The fourth-order valence-electron chi connectivity index (χ4n) is 3.85. The standard InChI is InChI=1S/C20H29FN4O2.ClH/c1-14-6-7-17(16(21)10-14)24-19(26)13-25-9-3-4-15(12-25)11-23-20(27)18-5-2-8-22-18;/h6-7,10,15,18,22H,2-5,8-9,11-13H2,1H3,(H,23,27)(H,24,26);1H. The van der Waals surface area contributed by atoms with Crippen LogP contribution >= 0.6 is 12.4 Å². The predicted octanol–water partition coefficient (Wildman–Crippen LogP) is 2.07. The zero-order chi connectivity index (χ0) is 19.2. The summed E-state index contributed by atoms with van der Waals surface area (Å²) < 4.78 is 13.9. The molecule has 0 aromatic heterocycles. The number of benzene rings is 1. The molecule has 1 aromatic carbocycles. The Morgan fingerprint density at radius 2 is 2.11 bits per heavy atom. The number of likely N-dealkylation sites (tertiary alicyclic amines) is 1. The lowest BCUT2D eigenvalue weighted by Crippen LogP contribution is -2.46. The minimum atomic E-state index is -0.414. The Balaban J connectivity index is 0.00000280. The van der Waals surface area contributed by atoms with E-state index < -0.39 is 5.82 Å². The molecule has 0 bridgehead atoms. The Bertz CT molecular complexity index is 682. The fourth-order valence-corrected chi connectivity index (χ4v) is 3.85. The van der Waals surface area contributed by atoms with Crippen molar-refractivity contribution < 1.29 is 14.0 Å². The maximum absolute atomic E-state index is 13.9. The number of halogens is 2. The number of nitrogens with zero attached hydrogens (tertiary/aromatic N) is 1. The molecular formula is C20H30ClFN4O2. The summed E-state index contributed by atoms with van der Waals surface area (Å²) in [6, 6.07) is 4.72. The highest BCUT2D eigenvalue weighted by molar-refractivity contribution is 5.92. The second kappa shape index (κ2) is 10.7. The molecule has 0 spiro atoms. The Hall–Kier alpha value is -1.70. The largest absolute Gasteiger partial charge is 0.354 e. The average Bonchev–Trinajstić information content (AvgIpc) is 3.17. The van der Waals surface area contributed by atoms with Gasteiger partial charge in [0.05, 0.1) is 18.3 Å². The second-order valence-corrected chi connectivity index (χ2v) is 7.67. The van der Waals surface area contributed by atoms with Crippen molar-refractivity contribution >= 4 is 29.9 Å². The van der Waals surface area contributed by atoms with Gasteiger partial charge in [-0.15, -0.1) is 12.4 Å². The minimum Gasteiger partial charge on any atom is -0.354 e. The van der Waals surface area contributed by atoms with Crippen LogP contribution in [0.4, 0.5) is 10.1 Å². The molecule has 1 aromatic rings. The molecule has 0 saturated carbocycles. The summed E-state index contributed by atoms with van der Waals surface area (Å²) in [4.78, 5) is 26.5. The van der Waals surface area contributed by atoms with E-state index in [1.165, 1.54) is 6.07 Å². The SMILES string of the molecule is Cc1ccc(NC(=O)CN2CCCC(CNC(=O)C3CCCN3)C2)c(F)c1.Cl. The zero-order valence-electron chi connectivity index (χ0n) is 16.3. The smallest absolute Gasteiger partial charge is 0.238 e. The molecule has 3 rings (SSSR count). The lowest BCUT2D eigenvalue weighted by molar-refractivity contribution is -0.123. The van der Waals surface area contributed by atoms with Gasteiger partial charge in [-0.3, -0.25) is 14.5 Å². The third kappa shape index (κ3) is 6.43. The summed E-state index contributed by atoms with van der Waals surface area (Å²) in [6.45, 7) is 5.21. The first-order valence-electron chi connectivity index (χ1n) is 9.80. The lowest BCUT2D eigenvalue weighted by Gasteiger charge is -2.32. The number of hydrogen-bond acceptors (Lipinski definition) is 4. The molecule has 3 N–H and O–H groups in total. The quantitative estimate of drug-likeness (QED) is 0.668. The second-order valence-electron chi connectivity index (χ2n) is 7.67. The van der Waals surface area contributed by atoms with Gasteiger partial charge in [0.1, 0.15) is 5.82 Å². The van der Waals surface area contributed by atoms with Gasteiger partial charge in [-0.1, -0.05) is 6.07 Å².